The number of likely N-dealkylation sites (tertiary alicyclic amines) is 1. The van der Waals surface area contributed by atoms with E-state index in [4.69, 9.17) is 0 Å². The van der Waals surface area contributed by atoms with Gasteiger partial charge < -0.3 is 19.7 Å². The first-order chi connectivity index (χ1) is 15.5. The zero-order valence-corrected chi connectivity index (χ0v) is 19.5. The molecule has 2 saturated heterocycles. The molecule has 5 rings (SSSR count). The topological polar surface area (TPSA) is 59.7 Å². The Hall–Kier alpha value is -2.34. The zero-order valence-electron chi connectivity index (χ0n) is 19.5. The third kappa shape index (κ3) is 4.17. The second-order valence-corrected chi connectivity index (χ2v) is 10.3. The maximum absolute atomic E-state index is 13.4. The van der Waals surface area contributed by atoms with E-state index in [9.17, 15) is 9.59 Å². The maximum Gasteiger partial charge on any atom is 0.255 e. The summed E-state index contributed by atoms with van der Waals surface area (Å²) < 4.78 is 0. The Morgan fingerprint density at radius 1 is 1.00 bits per heavy atom. The lowest BCUT2D eigenvalue weighted by Crippen LogP contribution is -2.48. The van der Waals surface area contributed by atoms with Crippen molar-refractivity contribution in [2.45, 2.75) is 45.4 Å². The minimum Gasteiger partial charge on any atom is -0.358 e. The molecule has 0 spiro atoms. The van der Waals surface area contributed by atoms with Crippen LogP contribution < -0.4 is 0 Å². The van der Waals surface area contributed by atoms with Crippen LogP contribution in [0.5, 0.6) is 0 Å². The van der Waals surface area contributed by atoms with Gasteiger partial charge in [-0.25, -0.2) is 0 Å². The van der Waals surface area contributed by atoms with Crippen LogP contribution in [0.1, 0.15) is 54.2 Å². The first-order valence-corrected chi connectivity index (χ1v) is 12.4. The van der Waals surface area contributed by atoms with Crippen LogP contribution in [-0.4, -0.2) is 77.8 Å². The van der Waals surface area contributed by atoms with E-state index in [2.05, 4.69) is 29.9 Å². The summed E-state index contributed by atoms with van der Waals surface area (Å²) in [5.41, 5.74) is 4.55. The Balaban J connectivity index is 1.22. The molecule has 172 valence electrons. The first-order valence-electron chi connectivity index (χ1n) is 12.4. The lowest BCUT2D eigenvalue weighted by molar-refractivity contribution is -0.134. The number of piperidine rings is 1. The Morgan fingerprint density at radius 3 is 2.50 bits per heavy atom. The van der Waals surface area contributed by atoms with Crippen LogP contribution in [0.3, 0.4) is 0 Å². The van der Waals surface area contributed by atoms with Gasteiger partial charge in [-0.1, -0.05) is 19.1 Å². The van der Waals surface area contributed by atoms with Gasteiger partial charge in [0.2, 0.25) is 5.91 Å². The quantitative estimate of drug-likeness (QED) is 0.803. The van der Waals surface area contributed by atoms with Crippen LogP contribution >= 0.6 is 0 Å². The molecule has 0 bridgehead atoms. The molecule has 32 heavy (non-hydrogen) atoms. The Morgan fingerprint density at radius 2 is 1.75 bits per heavy atom. The predicted molar refractivity (Wildman–Crippen MR) is 127 cm³/mol. The molecule has 6 heteroatoms. The van der Waals surface area contributed by atoms with E-state index in [1.54, 1.807) is 0 Å². The maximum atomic E-state index is 13.4. The fraction of sp³-hybridized carbons (Fsp3) is 0.615. The number of amides is 2. The number of hydrogen-bond donors (Lipinski definition) is 1. The SMILES string of the molecule is CC1CCc2[nH]c3c(C(=O)N4CCC(CC(=O)N5CCN(C)CC5)CC4)cccc3c2C1. The van der Waals surface area contributed by atoms with Gasteiger partial charge in [0, 0.05) is 56.8 Å². The molecule has 2 amide bonds. The summed E-state index contributed by atoms with van der Waals surface area (Å²) in [7, 11) is 2.11. The lowest BCUT2D eigenvalue weighted by atomic mass is 9.87. The number of aromatic nitrogens is 1. The van der Waals surface area contributed by atoms with Crippen molar-refractivity contribution in [2.75, 3.05) is 46.3 Å². The van der Waals surface area contributed by atoms with Crippen LogP contribution in [0.15, 0.2) is 18.2 Å². The number of nitrogens with zero attached hydrogens (tertiary/aromatic N) is 3. The fourth-order valence-electron chi connectivity index (χ4n) is 5.74. The van der Waals surface area contributed by atoms with Crippen molar-refractivity contribution in [2.24, 2.45) is 11.8 Å². The number of para-hydroxylation sites is 1. The number of nitrogens with one attached hydrogen (secondary N) is 1. The number of aromatic amines is 1. The predicted octanol–water partition coefficient (Wildman–Crippen LogP) is 3.31. The number of hydrogen-bond acceptors (Lipinski definition) is 3. The van der Waals surface area contributed by atoms with Crippen molar-refractivity contribution in [3.63, 3.8) is 0 Å². The molecule has 1 aromatic heterocycles. The van der Waals surface area contributed by atoms with E-state index in [1.165, 1.54) is 23.1 Å². The van der Waals surface area contributed by atoms with Gasteiger partial charge in [0.05, 0.1) is 11.1 Å². The second kappa shape index (κ2) is 8.89. The van der Waals surface area contributed by atoms with Crippen molar-refractivity contribution in [3.05, 3.63) is 35.0 Å². The Bertz CT molecular complexity index is 997. The van der Waals surface area contributed by atoms with Gasteiger partial charge in [0.25, 0.3) is 5.91 Å². The minimum atomic E-state index is 0.131. The molecule has 0 radical (unpaired) electrons. The average molecular weight is 437 g/mol. The van der Waals surface area contributed by atoms with Gasteiger partial charge >= 0.3 is 0 Å². The summed E-state index contributed by atoms with van der Waals surface area (Å²) in [6.45, 7) is 7.41. The van der Waals surface area contributed by atoms with Gasteiger partial charge in [-0.2, -0.15) is 0 Å². The van der Waals surface area contributed by atoms with Crippen LogP contribution in [0.4, 0.5) is 0 Å². The molecule has 1 aromatic carbocycles. The first kappa shape index (κ1) is 21.5. The number of piperazine rings is 1. The highest BCUT2D eigenvalue weighted by Crippen LogP contribution is 2.33. The fourth-order valence-corrected chi connectivity index (χ4v) is 5.74. The second-order valence-electron chi connectivity index (χ2n) is 10.3. The molecule has 1 atom stereocenters. The summed E-state index contributed by atoms with van der Waals surface area (Å²) in [6, 6.07) is 6.17. The van der Waals surface area contributed by atoms with Crippen molar-refractivity contribution in [3.8, 4) is 0 Å². The van der Waals surface area contributed by atoms with E-state index >= 15 is 0 Å². The highest BCUT2D eigenvalue weighted by molar-refractivity contribution is 6.06. The van der Waals surface area contributed by atoms with Crippen molar-refractivity contribution >= 4 is 22.7 Å². The molecular formula is C26H36N4O2. The molecule has 1 N–H and O–H groups in total. The van der Waals surface area contributed by atoms with Crippen LogP contribution in [0.2, 0.25) is 0 Å². The number of carbonyl (C=O) groups excluding carboxylic acids is 2. The number of H-pyrrole nitrogens is 1. The monoisotopic (exact) mass is 436 g/mol. The van der Waals surface area contributed by atoms with Gasteiger partial charge in [-0.3, -0.25) is 9.59 Å². The highest BCUT2D eigenvalue weighted by Gasteiger charge is 2.29. The van der Waals surface area contributed by atoms with Crippen molar-refractivity contribution in [1.82, 2.24) is 19.7 Å². The molecule has 0 saturated carbocycles. The van der Waals surface area contributed by atoms with Gasteiger partial charge in [0.1, 0.15) is 0 Å². The molecule has 2 aromatic rings. The minimum absolute atomic E-state index is 0.131. The third-order valence-electron chi connectivity index (χ3n) is 7.92. The van der Waals surface area contributed by atoms with Crippen molar-refractivity contribution in [1.29, 1.82) is 0 Å². The van der Waals surface area contributed by atoms with E-state index in [-0.39, 0.29) is 5.91 Å². The van der Waals surface area contributed by atoms with Crippen LogP contribution in [0.25, 0.3) is 10.9 Å². The normalized spacial score (nSPS) is 22.9. The number of likely N-dealkylation sites (N-methyl/N-ethyl adjacent to an activating group) is 1. The zero-order chi connectivity index (χ0) is 22.2. The standard InChI is InChI=1S/C26H36N4O2/c1-18-6-7-23-22(16-18)20-4-3-5-21(25(20)27-23)26(32)30-10-8-19(9-11-30)17-24(31)29-14-12-28(2)13-15-29/h3-5,18-19,27H,6-17H2,1-2H3. The number of aryl methyl sites for hydroxylation is 1. The Kier molecular flexibility index (Phi) is 5.97. The lowest BCUT2D eigenvalue weighted by Gasteiger charge is -2.35. The Labute approximate surface area is 190 Å². The third-order valence-corrected chi connectivity index (χ3v) is 7.92. The van der Waals surface area contributed by atoms with Gasteiger partial charge in [-0.15, -0.1) is 0 Å². The number of carbonyl (C=O) groups is 2. The number of benzene rings is 1. The van der Waals surface area contributed by atoms with E-state index in [1.807, 2.05) is 21.9 Å². The summed E-state index contributed by atoms with van der Waals surface area (Å²) in [5, 5.41) is 1.23. The van der Waals surface area contributed by atoms with Crippen molar-refractivity contribution < 1.29 is 9.59 Å². The van der Waals surface area contributed by atoms with Crippen LogP contribution in [-0.2, 0) is 17.6 Å². The molecule has 6 nitrogen and oxygen atoms in total. The van der Waals surface area contributed by atoms with E-state index in [0.717, 1.165) is 76.0 Å². The highest BCUT2D eigenvalue weighted by atomic mass is 16.2. The smallest absolute Gasteiger partial charge is 0.255 e. The number of rotatable bonds is 3. The molecule has 1 aliphatic carbocycles. The number of fused-ring (bicyclic) bond motifs is 3. The summed E-state index contributed by atoms with van der Waals surface area (Å²) >= 11 is 0. The molecule has 2 aliphatic heterocycles. The summed E-state index contributed by atoms with van der Waals surface area (Å²) in [4.78, 5) is 36.0. The average Bonchev–Trinajstić information content (AvgIpc) is 3.17. The molecule has 3 aliphatic rings. The largest absolute Gasteiger partial charge is 0.358 e. The van der Waals surface area contributed by atoms with Gasteiger partial charge in [-0.05, 0) is 62.6 Å². The molecule has 3 heterocycles. The summed E-state index contributed by atoms with van der Waals surface area (Å²) in [5.74, 6) is 1.51. The van der Waals surface area contributed by atoms with Gasteiger partial charge in [0.15, 0.2) is 0 Å². The molecule has 1 unspecified atom stereocenters. The van der Waals surface area contributed by atoms with E-state index in [0.29, 0.717) is 24.2 Å². The van der Waals surface area contributed by atoms with E-state index < -0.39 is 0 Å². The molecular weight excluding hydrogens is 400 g/mol. The molecule has 2 fully saturated rings. The van der Waals surface area contributed by atoms with Crippen LogP contribution in [0, 0.1) is 11.8 Å². The summed E-state index contributed by atoms with van der Waals surface area (Å²) in [6.07, 6.45) is 5.84.